The van der Waals surface area contributed by atoms with Crippen LogP contribution in [0.2, 0.25) is 0 Å². The van der Waals surface area contributed by atoms with E-state index in [-0.39, 0.29) is 0 Å². The van der Waals surface area contributed by atoms with Crippen LogP contribution >= 0.6 is 0 Å². The molecule has 0 N–H and O–H groups in total. The van der Waals surface area contributed by atoms with Gasteiger partial charge in [0.05, 0.1) is 0 Å². The average Bonchev–Trinajstić information content (AvgIpc) is 2.89. The second-order valence-corrected chi connectivity index (χ2v) is 4.24. The summed E-state index contributed by atoms with van der Waals surface area (Å²) >= 11 is 0. The number of rotatable bonds is 1. The van der Waals surface area contributed by atoms with Crippen molar-refractivity contribution in [2.45, 2.75) is 19.3 Å². The Morgan fingerprint density at radius 2 is 1.29 bits per heavy atom. The fraction of sp³-hybridized carbons (Fsp3) is 0.176. The average molecular weight is 222 g/mol. The lowest BCUT2D eigenvalue weighted by Crippen LogP contribution is -1.77. The molecule has 0 bridgehead atoms. The van der Waals surface area contributed by atoms with Crippen LogP contribution in [-0.4, -0.2) is 0 Å². The van der Waals surface area contributed by atoms with Gasteiger partial charge in [-0.1, -0.05) is 67.3 Å². The first-order valence-electron chi connectivity index (χ1n) is 6.14. The van der Waals surface area contributed by atoms with E-state index in [4.69, 9.17) is 0 Å². The van der Waals surface area contributed by atoms with Crippen molar-refractivity contribution in [3.8, 4) is 0 Å². The Balaban J connectivity index is 0.000000128. The van der Waals surface area contributed by atoms with Crippen molar-refractivity contribution in [3.05, 3.63) is 77.9 Å². The van der Waals surface area contributed by atoms with Crippen LogP contribution in [0.3, 0.4) is 0 Å². The molecule has 2 aromatic carbocycles. The van der Waals surface area contributed by atoms with Crippen LogP contribution in [-0.2, 0) is 12.8 Å². The number of hydrogen-bond donors (Lipinski definition) is 0. The zero-order chi connectivity index (χ0) is 11.9. The number of fused-ring (bicyclic) bond motifs is 1. The minimum absolute atomic E-state index is 1.17. The van der Waals surface area contributed by atoms with Gasteiger partial charge in [-0.15, -0.1) is 0 Å². The van der Waals surface area contributed by atoms with Crippen molar-refractivity contribution < 1.29 is 0 Å². The second-order valence-electron chi connectivity index (χ2n) is 4.24. The van der Waals surface area contributed by atoms with Crippen LogP contribution in [0.4, 0.5) is 0 Å². The van der Waals surface area contributed by atoms with Crippen LogP contribution in [0, 0.1) is 0 Å². The number of aryl methyl sites for hydroxylation is 2. The van der Waals surface area contributed by atoms with Crippen molar-refractivity contribution >= 4 is 6.08 Å². The first-order valence-corrected chi connectivity index (χ1v) is 6.14. The fourth-order valence-corrected chi connectivity index (χ4v) is 2.10. The van der Waals surface area contributed by atoms with Crippen molar-refractivity contribution in [3.63, 3.8) is 0 Å². The lowest BCUT2D eigenvalue weighted by Gasteiger charge is -1.93. The van der Waals surface area contributed by atoms with Crippen LogP contribution in [0.1, 0.15) is 23.1 Å². The molecule has 0 heterocycles. The van der Waals surface area contributed by atoms with Crippen LogP contribution in [0.15, 0.2) is 61.2 Å². The lowest BCUT2D eigenvalue weighted by atomic mass is 10.1. The third-order valence-electron chi connectivity index (χ3n) is 3.05. The zero-order valence-corrected chi connectivity index (χ0v) is 10.1. The molecule has 0 radical (unpaired) electrons. The summed E-state index contributed by atoms with van der Waals surface area (Å²) in [6.45, 7) is 3.63. The molecule has 1 aliphatic rings. The summed E-state index contributed by atoms with van der Waals surface area (Å²) in [6, 6.07) is 18.8. The topological polar surface area (TPSA) is 0 Å². The highest BCUT2D eigenvalue weighted by Crippen LogP contribution is 2.20. The van der Waals surface area contributed by atoms with Gasteiger partial charge in [-0.05, 0) is 36.0 Å². The maximum Gasteiger partial charge on any atom is -0.0263 e. The molecule has 0 saturated carbocycles. The molecule has 17 heavy (non-hydrogen) atoms. The molecule has 1 aliphatic carbocycles. The molecule has 0 nitrogen and oxygen atoms in total. The highest BCUT2D eigenvalue weighted by atomic mass is 14.1. The largest absolute Gasteiger partial charge is 0.0985 e. The maximum absolute atomic E-state index is 3.63. The molecule has 0 atom stereocenters. The van der Waals surface area contributed by atoms with E-state index in [0.29, 0.717) is 0 Å². The van der Waals surface area contributed by atoms with Gasteiger partial charge in [-0.2, -0.15) is 0 Å². The first-order chi connectivity index (χ1) is 8.40. The van der Waals surface area contributed by atoms with Crippen molar-refractivity contribution in [2.24, 2.45) is 0 Å². The van der Waals surface area contributed by atoms with Crippen LogP contribution in [0.5, 0.6) is 0 Å². The zero-order valence-electron chi connectivity index (χ0n) is 10.1. The summed E-state index contributed by atoms with van der Waals surface area (Å²) in [6.07, 6.45) is 5.80. The molecule has 0 amide bonds. The van der Waals surface area contributed by atoms with Gasteiger partial charge in [0, 0.05) is 0 Å². The summed E-state index contributed by atoms with van der Waals surface area (Å²) < 4.78 is 0. The summed E-state index contributed by atoms with van der Waals surface area (Å²) in [5.41, 5.74) is 4.31. The van der Waals surface area contributed by atoms with Gasteiger partial charge in [0.2, 0.25) is 0 Å². The third-order valence-corrected chi connectivity index (χ3v) is 3.05. The summed E-state index contributed by atoms with van der Waals surface area (Å²) in [5.74, 6) is 0. The molecule has 0 saturated heterocycles. The Morgan fingerprint density at radius 3 is 1.76 bits per heavy atom. The summed E-state index contributed by atoms with van der Waals surface area (Å²) in [7, 11) is 0. The van der Waals surface area contributed by atoms with Crippen LogP contribution in [0.25, 0.3) is 6.08 Å². The molecule has 3 rings (SSSR count). The van der Waals surface area contributed by atoms with Gasteiger partial charge in [0.1, 0.15) is 0 Å². The normalized spacial score (nSPS) is 12.2. The van der Waals surface area contributed by atoms with Gasteiger partial charge >= 0.3 is 0 Å². The van der Waals surface area contributed by atoms with E-state index in [1.807, 2.05) is 36.4 Å². The molecule has 0 aromatic heterocycles. The number of benzene rings is 2. The van der Waals surface area contributed by atoms with E-state index < -0.39 is 0 Å². The fourth-order valence-electron chi connectivity index (χ4n) is 2.10. The smallest absolute Gasteiger partial charge is 0.0263 e. The standard InChI is InChI=1S/C9H10.C8H8/c1-2-5-9-7-3-6-8(9)4-1;1-2-8-6-4-3-5-7-8/h1-2,4-5H,3,6-7H2;2-7H,1H2. The highest BCUT2D eigenvalue weighted by Gasteiger charge is 2.07. The van der Waals surface area contributed by atoms with Gasteiger partial charge in [-0.25, -0.2) is 0 Å². The van der Waals surface area contributed by atoms with Gasteiger partial charge in [0.25, 0.3) is 0 Å². The van der Waals surface area contributed by atoms with E-state index in [9.17, 15) is 0 Å². The van der Waals surface area contributed by atoms with Gasteiger partial charge < -0.3 is 0 Å². The SMILES string of the molecule is C=Cc1ccccc1.c1ccc2c(c1)CCC2. The second kappa shape index (κ2) is 6.05. The van der Waals surface area contributed by atoms with E-state index in [1.54, 1.807) is 11.1 Å². The Labute approximate surface area is 104 Å². The molecule has 0 fully saturated rings. The van der Waals surface area contributed by atoms with E-state index in [2.05, 4.69) is 30.8 Å². The van der Waals surface area contributed by atoms with Crippen LogP contribution < -0.4 is 0 Å². The predicted octanol–water partition coefficient (Wildman–Crippen LogP) is 4.50. The van der Waals surface area contributed by atoms with E-state index in [0.717, 1.165) is 0 Å². The Hall–Kier alpha value is -1.82. The van der Waals surface area contributed by atoms with Crippen molar-refractivity contribution in [2.75, 3.05) is 0 Å². The molecule has 0 spiro atoms. The quantitative estimate of drug-likeness (QED) is 0.666. The van der Waals surface area contributed by atoms with E-state index >= 15 is 0 Å². The maximum atomic E-state index is 3.63. The summed E-state index contributed by atoms with van der Waals surface area (Å²) in [5, 5.41) is 0. The molecule has 0 unspecified atom stereocenters. The minimum Gasteiger partial charge on any atom is -0.0985 e. The molecular formula is C17H18. The third kappa shape index (κ3) is 3.32. The van der Waals surface area contributed by atoms with Gasteiger partial charge in [-0.3, -0.25) is 0 Å². The molecule has 0 heteroatoms. The van der Waals surface area contributed by atoms with Crippen molar-refractivity contribution in [1.29, 1.82) is 0 Å². The Morgan fingerprint density at radius 1 is 0.765 bits per heavy atom. The molecular weight excluding hydrogens is 204 g/mol. The Bertz CT molecular complexity index is 445. The Kier molecular flexibility index (Phi) is 4.15. The predicted molar refractivity (Wildman–Crippen MR) is 75.0 cm³/mol. The minimum atomic E-state index is 1.17. The molecule has 86 valence electrons. The lowest BCUT2D eigenvalue weighted by molar-refractivity contribution is 0.912. The van der Waals surface area contributed by atoms with Gasteiger partial charge in [0.15, 0.2) is 0 Å². The monoisotopic (exact) mass is 222 g/mol. The van der Waals surface area contributed by atoms with E-state index in [1.165, 1.54) is 24.8 Å². The number of hydrogen-bond acceptors (Lipinski definition) is 0. The molecule has 0 aliphatic heterocycles. The van der Waals surface area contributed by atoms with Crippen molar-refractivity contribution in [1.82, 2.24) is 0 Å². The first kappa shape index (κ1) is 11.7. The highest BCUT2D eigenvalue weighted by molar-refractivity contribution is 5.45. The molecule has 2 aromatic rings. The summed E-state index contributed by atoms with van der Waals surface area (Å²) in [4.78, 5) is 0.